The fourth-order valence-electron chi connectivity index (χ4n) is 2.33. The van der Waals surface area contributed by atoms with Crippen molar-refractivity contribution in [2.45, 2.75) is 32.4 Å². The van der Waals surface area contributed by atoms with Crippen molar-refractivity contribution in [2.24, 2.45) is 5.92 Å². The number of hydrogen-bond donors (Lipinski definition) is 2. The van der Waals surface area contributed by atoms with Crippen LogP contribution in [-0.2, 0) is 4.79 Å². The third-order valence-electron chi connectivity index (χ3n) is 3.38. The highest BCUT2D eigenvalue weighted by Crippen LogP contribution is 2.25. The minimum atomic E-state index is -0.943. The first-order valence-electron chi connectivity index (χ1n) is 6.20. The number of carbonyl (C=O) groups excluding carboxylic acids is 1. The van der Waals surface area contributed by atoms with E-state index in [0.717, 1.165) is 11.4 Å². The molecule has 2 amide bonds. The maximum Gasteiger partial charge on any atom is 0.326 e. The Bertz CT molecular complexity index is 463. The van der Waals surface area contributed by atoms with Crippen LogP contribution in [0.4, 0.5) is 4.79 Å². The maximum absolute atomic E-state index is 12.1. The third kappa shape index (κ3) is 2.86. The van der Waals surface area contributed by atoms with Gasteiger partial charge in [-0.15, -0.1) is 11.3 Å². The Labute approximate surface area is 115 Å². The fraction of sp³-hybridized carbons (Fsp3) is 0.583. The van der Waals surface area contributed by atoms with Crippen LogP contribution in [0.5, 0.6) is 0 Å². The van der Waals surface area contributed by atoms with Crippen molar-refractivity contribution in [3.8, 4) is 0 Å². The number of amides is 2. The van der Waals surface area contributed by atoms with E-state index in [2.05, 4.69) is 10.3 Å². The van der Waals surface area contributed by atoms with E-state index in [1.54, 1.807) is 6.20 Å². The lowest BCUT2D eigenvalue weighted by Crippen LogP contribution is -2.48. The van der Waals surface area contributed by atoms with E-state index < -0.39 is 12.0 Å². The molecule has 2 heterocycles. The van der Waals surface area contributed by atoms with Crippen LogP contribution in [0.15, 0.2) is 11.6 Å². The molecule has 1 aliphatic heterocycles. The van der Waals surface area contributed by atoms with Crippen molar-refractivity contribution in [1.82, 2.24) is 15.2 Å². The average Bonchev–Trinajstić information content (AvgIpc) is 2.96. The second kappa shape index (κ2) is 5.56. The zero-order chi connectivity index (χ0) is 14.0. The van der Waals surface area contributed by atoms with Gasteiger partial charge in [-0.3, -0.25) is 0 Å². The molecule has 7 heteroatoms. The second-order valence-electron chi connectivity index (χ2n) is 4.78. The van der Waals surface area contributed by atoms with E-state index in [9.17, 15) is 14.7 Å². The monoisotopic (exact) mass is 283 g/mol. The van der Waals surface area contributed by atoms with Crippen molar-refractivity contribution >= 4 is 23.3 Å². The number of carbonyl (C=O) groups is 2. The summed E-state index contributed by atoms with van der Waals surface area (Å²) in [4.78, 5) is 28.9. The van der Waals surface area contributed by atoms with Gasteiger partial charge in [-0.05, 0) is 19.3 Å². The molecule has 1 fully saturated rings. The molecule has 0 bridgehead atoms. The molecule has 19 heavy (non-hydrogen) atoms. The quantitative estimate of drug-likeness (QED) is 0.884. The number of carboxylic acids is 1. The summed E-state index contributed by atoms with van der Waals surface area (Å²) in [6.45, 7) is 4.18. The highest BCUT2D eigenvalue weighted by molar-refractivity contribution is 7.09. The lowest BCUT2D eigenvalue weighted by atomic mass is 10.0. The molecular weight excluding hydrogens is 266 g/mol. The van der Waals surface area contributed by atoms with Gasteiger partial charge in [0.2, 0.25) is 0 Å². The molecule has 1 aromatic heterocycles. The summed E-state index contributed by atoms with van der Waals surface area (Å²) >= 11 is 1.46. The first kappa shape index (κ1) is 13.8. The first-order chi connectivity index (χ1) is 9.00. The summed E-state index contributed by atoms with van der Waals surface area (Å²) in [7, 11) is 0. The number of aromatic nitrogens is 1. The molecule has 2 rings (SSSR count). The lowest BCUT2D eigenvalue weighted by molar-refractivity contribution is -0.142. The van der Waals surface area contributed by atoms with Crippen molar-refractivity contribution in [3.05, 3.63) is 16.6 Å². The molecule has 0 saturated carbocycles. The topological polar surface area (TPSA) is 82.5 Å². The zero-order valence-electron chi connectivity index (χ0n) is 10.9. The second-order valence-corrected chi connectivity index (χ2v) is 5.71. The van der Waals surface area contributed by atoms with Gasteiger partial charge in [-0.1, -0.05) is 6.92 Å². The Morgan fingerprint density at radius 1 is 1.63 bits per heavy atom. The van der Waals surface area contributed by atoms with E-state index in [4.69, 9.17) is 0 Å². The van der Waals surface area contributed by atoms with Crippen molar-refractivity contribution < 1.29 is 14.7 Å². The zero-order valence-corrected chi connectivity index (χ0v) is 11.7. The standard InChI is InChI=1S/C12H17N3O3S/c1-7-3-5-15(9(7)11(16)17)12(18)14-8(2)10-13-4-6-19-10/h4,6-9H,3,5H2,1-2H3,(H,14,18)(H,16,17). The molecule has 3 unspecified atom stereocenters. The van der Waals surface area contributed by atoms with Gasteiger partial charge in [0.1, 0.15) is 11.0 Å². The van der Waals surface area contributed by atoms with E-state index in [0.29, 0.717) is 6.54 Å². The van der Waals surface area contributed by atoms with Gasteiger partial charge >= 0.3 is 12.0 Å². The highest BCUT2D eigenvalue weighted by Gasteiger charge is 2.39. The summed E-state index contributed by atoms with van der Waals surface area (Å²) in [5.41, 5.74) is 0. The normalized spacial score (nSPS) is 24.2. The number of nitrogens with one attached hydrogen (secondary N) is 1. The SMILES string of the molecule is CC(NC(=O)N1CCC(C)C1C(=O)O)c1nccs1. The van der Waals surface area contributed by atoms with E-state index in [1.807, 2.05) is 19.2 Å². The minimum Gasteiger partial charge on any atom is -0.480 e. The number of likely N-dealkylation sites (tertiary alicyclic amines) is 1. The Balaban J connectivity index is 2.02. The van der Waals surface area contributed by atoms with Gasteiger partial charge in [0.05, 0.1) is 6.04 Å². The van der Waals surface area contributed by atoms with Crippen LogP contribution < -0.4 is 5.32 Å². The van der Waals surface area contributed by atoms with Crippen molar-refractivity contribution in [3.63, 3.8) is 0 Å². The van der Waals surface area contributed by atoms with Crippen LogP contribution >= 0.6 is 11.3 Å². The highest BCUT2D eigenvalue weighted by atomic mass is 32.1. The van der Waals surface area contributed by atoms with Gasteiger partial charge < -0.3 is 15.3 Å². The van der Waals surface area contributed by atoms with Gasteiger partial charge in [0, 0.05) is 18.1 Å². The molecule has 0 aromatic carbocycles. The predicted molar refractivity (Wildman–Crippen MR) is 71.0 cm³/mol. The van der Waals surface area contributed by atoms with Crippen LogP contribution in [0.3, 0.4) is 0 Å². The Morgan fingerprint density at radius 2 is 2.37 bits per heavy atom. The molecule has 0 aliphatic carbocycles. The van der Waals surface area contributed by atoms with Crippen molar-refractivity contribution in [1.29, 1.82) is 0 Å². The first-order valence-corrected chi connectivity index (χ1v) is 7.08. The summed E-state index contributed by atoms with van der Waals surface area (Å²) in [6.07, 6.45) is 2.40. The largest absolute Gasteiger partial charge is 0.480 e. The number of nitrogens with zero attached hydrogens (tertiary/aromatic N) is 2. The smallest absolute Gasteiger partial charge is 0.326 e. The minimum absolute atomic E-state index is 0.0154. The summed E-state index contributed by atoms with van der Waals surface area (Å²) in [5, 5.41) is 14.6. The Hall–Kier alpha value is -1.63. The van der Waals surface area contributed by atoms with E-state index in [-0.39, 0.29) is 18.0 Å². The summed E-state index contributed by atoms with van der Waals surface area (Å²) in [6, 6.07) is -1.28. The molecule has 2 N–H and O–H groups in total. The lowest BCUT2D eigenvalue weighted by Gasteiger charge is -2.25. The van der Waals surface area contributed by atoms with E-state index in [1.165, 1.54) is 16.2 Å². The van der Waals surface area contributed by atoms with Gasteiger partial charge in [0.15, 0.2) is 0 Å². The van der Waals surface area contributed by atoms with Crippen LogP contribution in [0.2, 0.25) is 0 Å². The molecular formula is C12H17N3O3S. The molecule has 104 valence electrons. The number of hydrogen-bond acceptors (Lipinski definition) is 4. The predicted octanol–water partition coefficient (Wildman–Crippen LogP) is 1.71. The van der Waals surface area contributed by atoms with Crippen LogP contribution in [-0.4, -0.2) is 39.6 Å². The van der Waals surface area contributed by atoms with Crippen molar-refractivity contribution in [2.75, 3.05) is 6.54 Å². The van der Waals surface area contributed by atoms with Crippen LogP contribution in [0.25, 0.3) is 0 Å². The van der Waals surface area contributed by atoms with Crippen LogP contribution in [0, 0.1) is 5.92 Å². The number of carboxylic acid groups (broad SMARTS) is 1. The molecule has 6 nitrogen and oxygen atoms in total. The average molecular weight is 283 g/mol. The summed E-state index contributed by atoms with van der Waals surface area (Å²) in [5.74, 6) is -0.958. The Kier molecular flexibility index (Phi) is 4.04. The molecule has 1 aromatic rings. The van der Waals surface area contributed by atoms with E-state index >= 15 is 0 Å². The molecule has 0 radical (unpaired) electrons. The maximum atomic E-state index is 12.1. The number of thiazole rings is 1. The molecule has 1 aliphatic rings. The van der Waals surface area contributed by atoms with Gasteiger partial charge in [-0.25, -0.2) is 14.6 Å². The number of aliphatic carboxylic acids is 1. The Morgan fingerprint density at radius 3 is 2.95 bits per heavy atom. The van der Waals surface area contributed by atoms with Gasteiger partial charge in [-0.2, -0.15) is 0 Å². The fourth-order valence-corrected chi connectivity index (χ4v) is 2.98. The molecule has 0 spiro atoms. The molecule has 1 saturated heterocycles. The number of urea groups is 1. The third-order valence-corrected chi connectivity index (χ3v) is 4.33. The van der Waals surface area contributed by atoms with Gasteiger partial charge in [0.25, 0.3) is 0 Å². The molecule has 3 atom stereocenters. The van der Waals surface area contributed by atoms with Crippen LogP contribution in [0.1, 0.15) is 31.3 Å². The summed E-state index contributed by atoms with van der Waals surface area (Å²) < 4.78 is 0. The number of rotatable bonds is 3.